The van der Waals surface area contributed by atoms with Crippen LogP contribution in [0.4, 0.5) is 4.39 Å². The summed E-state index contributed by atoms with van der Waals surface area (Å²) in [6, 6.07) is 11.6. The minimum Gasteiger partial charge on any atom is -0.462 e. The third kappa shape index (κ3) is 3.23. The van der Waals surface area contributed by atoms with Crippen molar-refractivity contribution in [1.82, 2.24) is 9.58 Å². The van der Waals surface area contributed by atoms with Crippen LogP contribution in [0.5, 0.6) is 0 Å². The fourth-order valence-corrected chi connectivity index (χ4v) is 4.43. The lowest BCUT2D eigenvalue weighted by Gasteiger charge is -2.20. The Morgan fingerprint density at radius 2 is 1.97 bits per heavy atom. The fourth-order valence-electron chi connectivity index (χ4n) is 3.57. The van der Waals surface area contributed by atoms with Crippen molar-refractivity contribution in [3.8, 4) is 5.69 Å². The van der Waals surface area contributed by atoms with Crippen LogP contribution in [-0.2, 0) is 4.79 Å². The number of hydrazone groups is 1. The summed E-state index contributed by atoms with van der Waals surface area (Å²) in [5, 5.41) is 15.1. The second-order valence-electron chi connectivity index (χ2n) is 7.04. The number of hydrogen-bond acceptors (Lipinski definition) is 5. The molecule has 0 saturated heterocycles. The van der Waals surface area contributed by atoms with Crippen LogP contribution in [0.25, 0.3) is 11.8 Å². The number of rotatable bonds is 3. The molecule has 154 valence electrons. The molecule has 2 aliphatic rings. The van der Waals surface area contributed by atoms with Gasteiger partial charge in [-0.2, -0.15) is 15.1 Å². The van der Waals surface area contributed by atoms with Gasteiger partial charge in [0.05, 0.1) is 11.8 Å². The number of aliphatic imine (C=N–C) groups is 1. The van der Waals surface area contributed by atoms with Gasteiger partial charge in [-0.1, -0.05) is 0 Å². The van der Waals surface area contributed by atoms with Gasteiger partial charge >= 0.3 is 0 Å². The number of carbonyl (C=O) groups is 1. The second-order valence-corrected chi connectivity index (χ2v) is 8.00. The number of thioether (sulfide) groups is 1. The van der Waals surface area contributed by atoms with E-state index in [9.17, 15) is 9.18 Å². The predicted molar refractivity (Wildman–Crippen MR) is 118 cm³/mol. The van der Waals surface area contributed by atoms with Crippen molar-refractivity contribution < 1.29 is 13.6 Å². The van der Waals surface area contributed by atoms with E-state index in [2.05, 4.69) is 10.1 Å². The molecule has 3 aromatic rings. The SMILES string of the molecule is Cc1cc(C=C2C(=N)N3N=C(c4ccco4)SC3=NC2=O)c(C)n1-c1ccc(F)cc1. The summed E-state index contributed by atoms with van der Waals surface area (Å²) < 4.78 is 20.6. The highest BCUT2D eigenvalue weighted by atomic mass is 32.2. The normalized spacial score (nSPS) is 17.3. The fraction of sp³-hybridized carbons (Fsp3) is 0.0909. The van der Waals surface area contributed by atoms with Crippen LogP contribution in [0.1, 0.15) is 22.7 Å². The van der Waals surface area contributed by atoms with Crippen LogP contribution in [0.3, 0.4) is 0 Å². The highest BCUT2D eigenvalue weighted by Gasteiger charge is 2.36. The third-order valence-electron chi connectivity index (χ3n) is 5.04. The summed E-state index contributed by atoms with van der Waals surface area (Å²) in [6.45, 7) is 3.84. The molecule has 1 aromatic carbocycles. The Labute approximate surface area is 181 Å². The van der Waals surface area contributed by atoms with E-state index in [-0.39, 0.29) is 17.2 Å². The van der Waals surface area contributed by atoms with Crippen LogP contribution in [0.15, 0.2) is 68.8 Å². The topological polar surface area (TPSA) is 87.0 Å². The molecule has 0 radical (unpaired) electrons. The van der Waals surface area contributed by atoms with Gasteiger partial charge in [0.1, 0.15) is 5.82 Å². The minimum absolute atomic E-state index is 0.0457. The summed E-state index contributed by atoms with van der Waals surface area (Å²) in [5.74, 6) is -0.293. The summed E-state index contributed by atoms with van der Waals surface area (Å²) in [7, 11) is 0. The molecular formula is C22H16FN5O2S. The number of carbonyl (C=O) groups excluding carboxylic acids is 1. The van der Waals surface area contributed by atoms with Crippen LogP contribution in [-0.4, -0.2) is 31.5 Å². The molecule has 0 spiro atoms. The first-order valence-electron chi connectivity index (χ1n) is 9.41. The van der Waals surface area contributed by atoms with Crippen molar-refractivity contribution in [2.45, 2.75) is 13.8 Å². The molecule has 2 aromatic heterocycles. The molecule has 2 aliphatic heterocycles. The maximum atomic E-state index is 13.3. The monoisotopic (exact) mass is 433 g/mol. The number of aromatic nitrogens is 1. The first-order chi connectivity index (χ1) is 14.9. The van der Waals surface area contributed by atoms with Crippen molar-refractivity contribution in [2.75, 3.05) is 0 Å². The first-order valence-corrected chi connectivity index (χ1v) is 10.2. The molecule has 9 heteroatoms. The van der Waals surface area contributed by atoms with Crippen LogP contribution < -0.4 is 0 Å². The summed E-state index contributed by atoms with van der Waals surface area (Å²) in [4.78, 5) is 16.8. The molecule has 0 saturated carbocycles. The number of amidine groups is 2. The molecule has 7 nitrogen and oxygen atoms in total. The molecule has 0 bridgehead atoms. The zero-order chi connectivity index (χ0) is 21.7. The quantitative estimate of drug-likeness (QED) is 0.617. The van der Waals surface area contributed by atoms with Gasteiger partial charge in [-0.15, -0.1) is 0 Å². The molecule has 31 heavy (non-hydrogen) atoms. The molecule has 4 heterocycles. The van der Waals surface area contributed by atoms with Gasteiger partial charge in [0, 0.05) is 17.1 Å². The smallest absolute Gasteiger partial charge is 0.283 e. The molecule has 0 unspecified atom stereocenters. The van der Waals surface area contributed by atoms with E-state index in [4.69, 9.17) is 9.83 Å². The van der Waals surface area contributed by atoms with E-state index < -0.39 is 5.91 Å². The highest BCUT2D eigenvalue weighted by Crippen LogP contribution is 2.32. The van der Waals surface area contributed by atoms with Gasteiger partial charge in [-0.05, 0) is 79.7 Å². The van der Waals surface area contributed by atoms with Gasteiger partial charge < -0.3 is 8.98 Å². The van der Waals surface area contributed by atoms with Gasteiger partial charge in [0.15, 0.2) is 16.6 Å². The number of amides is 1. The number of fused-ring (bicyclic) bond motifs is 1. The van der Waals surface area contributed by atoms with Crippen molar-refractivity contribution in [3.05, 3.63) is 82.8 Å². The van der Waals surface area contributed by atoms with E-state index in [0.29, 0.717) is 16.0 Å². The Hall–Kier alpha value is -3.72. The van der Waals surface area contributed by atoms with E-state index in [1.54, 1.807) is 30.3 Å². The molecule has 5 rings (SSSR count). The predicted octanol–water partition coefficient (Wildman–Crippen LogP) is 4.49. The molecule has 0 atom stereocenters. The average molecular weight is 433 g/mol. The zero-order valence-corrected chi connectivity index (χ0v) is 17.4. The standard InChI is InChI=1S/C22H16FN5O2S/c1-12-10-14(13(2)27(12)16-7-5-15(23)6-8-16)11-17-19(24)28-22(25-20(17)29)31-21(26-28)18-4-3-9-30-18/h3-11,24H,1-2H3. The Bertz CT molecular complexity index is 1320. The lowest BCUT2D eigenvalue weighted by Crippen LogP contribution is -2.35. The Morgan fingerprint density at radius 3 is 2.68 bits per heavy atom. The number of benzene rings is 1. The van der Waals surface area contributed by atoms with Gasteiger partial charge in [0.25, 0.3) is 5.91 Å². The van der Waals surface area contributed by atoms with Crippen molar-refractivity contribution in [3.63, 3.8) is 0 Å². The maximum absolute atomic E-state index is 13.3. The van der Waals surface area contributed by atoms with E-state index >= 15 is 0 Å². The second kappa shape index (κ2) is 7.21. The lowest BCUT2D eigenvalue weighted by atomic mass is 10.1. The van der Waals surface area contributed by atoms with Crippen LogP contribution in [0, 0.1) is 25.1 Å². The summed E-state index contributed by atoms with van der Waals surface area (Å²) in [5.41, 5.74) is 3.52. The highest BCUT2D eigenvalue weighted by molar-refractivity contribution is 8.27. The Balaban J connectivity index is 1.52. The molecule has 1 N–H and O–H groups in total. The number of nitrogens with one attached hydrogen (secondary N) is 1. The van der Waals surface area contributed by atoms with Gasteiger partial charge in [-0.25, -0.2) is 4.39 Å². The lowest BCUT2D eigenvalue weighted by molar-refractivity contribution is -0.114. The van der Waals surface area contributed by atoms with Crippen molar-refractivity contribution in [1.29, 1.82) is 5.41 Å². The molecule has 0 aliphatic carbocycles. The van der Waals surface area contributed by atoms with Gasteiger partial charge in [-0.3, -0.25) is 10.2 Å². The van der Waals surface area contributed by atoms with Gasteiger partial charge in [0.2, 0.25) is 5.17 Å². The van der Waals surface area contributed by atoms with E-state index in [1.807, 2.05) is 24.5 Å². The third-order valence-corrected chi connectivity index (χ3v) is 5.96. The van der Waals surface area contributed by atoms with Crippen LogP contribution in [0.2, 0.25) is 0 Å². The van der Waals surface area contributed by atoms with Crippen molar-refractivity contribution in [2.24, 2.45) is 10.1 Å². The molecular weight excluding hydrogens is 417 g/mol. The number of halogens is 1. The number of aryl methyl sites for hydroxylation is 1. The zero-order valence-electron chi connectivity index (χ0n) is 16.6. The van der Waals surface area contributed by atoms with Crippen LogP contribution >= 0.6 is 11.8 Å². The minimum atomic E-state index is -0.494. The Morgan fingerprint density at radius 1 is 1.19 bits per heavy atom. The average Bonchev–Trinajstić information content (AvgIpc) is 3.46. The number of furan rings is 1. The summed E-state index contributed by atoms with van der Waals surface area (Å²) >= 11 is 1.18. The maximum Gasteiger partial charge on any atom is 0.283 e. The van der Waals surface area contributed by atoms with Crippen molar-refractivity contribution >= 4 is 39.8 Å². The van der Waals surface area contributed by atoms with E-state index in [0.717, 1.165) is 22.6 Å². The Kier molecular flexibility index (Phi) is 4.48. The number of hydrogen-bond donors (Lipinski definition) is 1. The largest absolute Gasteiger partial charge is 0.462 e. The van der Waals surface area contributed by atoms with E-state index in [1.165, 1.54) is 35.2 Å². The summed E-state index contributed by atoms with van der Waals surface area (Å²) in [6.07, 6.45) is 3.19. The first kappa shape index (κ1) is 19.3. The number of nitrogens with zero attached hydrogens (tertiary/aromatic N) is 4. The molecule has 1 amide bonds. The molecule has 0 fully saturated rings.